The molecule has 0 spiro atoms. The summed E-state index contributed by atoms with van der Waals surface area (Å²) >= 11 is 0. The van der Waals surface area contributed by atoms with E-state index in [-0.39, 0.29) is 28.6 Å². The number of fused-ring (bicyclic) bond motifs is 1. The number of pyridine rings is 2. The van der Waals surface area contributed by atoms with Crippen LogP contribution in [0, 0.1) is 5.95 Å². The lowest BCUT2D eigenvalue weighted by Gasteiger charge is -2.15. The Hall–Kier alpha value is -2.97. The Morgan fingerprint density at radius 1 is 1.23 bits per heavy atom. The second kappa shape index (κ2) is 5.79. The molecule has 0 radical (unpaired) electrons. The number of rotatable bonds is 3. The topological polar surface area (TPSA) is 59.3 Å². The monoisotopic (exact) mass is 364 g/mol. The maximum absolute atomic E-state index is 14.1. The highest BCUT2D eigenvalue weighted by molar-refractivity contribution is 5.81. The van der Waals surface area contributed by atoms with Crippen molar-refractivity contribution in [1.29, 1.82) is 0 Å². The molecule has 1 saturated carbocycles. The van der Waals surface area contributed by atoms with E-state index < -0.39 is 23.2 Å². The van der Waals surface area contributed by atoms with E-state index in [2.05, 4.69) is 15.3 Å². The number of aromatic nitrogens is 3. The molecule has 0 unspecified atom stereocenters. The van der Waals surface area contributed by atoms with E-state index in [1.54, 1.807) is 0 Å². The number of anilines is 1. The van der Waals surface area contributed by atoms with E-state index >= 15 is 0 Å². The minimum Gasteiger partial charge on any atom is -0.353 e. The van der Waals surface area contributed by atoms with Gasteiger partial charge in [0.25, 0.3) is 5.56 Å². The summed E-state index contributed by atoms with van der Waals surface area (Å²) in [7, 11) is 0. The van der Waals surface area contributed by atoms with Crippen LogP contribution in [0.5, 0.6) is 0 Å². The third kappa shape index (κ3) is 2.89. The van der Waals surface area contributed by atoms with Crippen LogP contribution in [0.1, 0.15) is 18.4 Å². The SMILES string of the molecule is O=c1nc(NC2CC2)n2ccc(C(F)(F)F)cc2c1-c1cccnc1F. The largest absolute Gasteiger partial charge is 0.416 e. The van der Waals surface area contributed by atoms with Gasteiger partial charge in [0.15, 0.2) is 0 Å². The maximum Gasteiger partial charge on any atom is 0.416 e. The smallest absolute Gasteiger partial charge is 0.353 e. The van der Waals surface area contributed by atoms with Crippen molar-refractivity contribution in [3.05, 3.63) is 58.5 Å². The molecule has 5 nitrogen and oxygen atoms in total. The lowest BCUT2D eigenvalue weighted by molar-refractivity contribution is -0.137. The summed E-state index contributed by atoms with van der Waals surface area (Å²) in [6.45, 7) is 0. The number of nitrogens with zero attached hydrogens (tertiary/aromatic N) is 3. The summed E-state index contributed by atoms with van der Waals surface area (Å²) in [5.74, 6) is -0.817. The quantitative estimate of drug-likeness (QED) is 0.571. The third-order valence-electron chi connectivity index (χ3n) is 4.13. The Morgan fingerprint density at radius 3 is 2.65 bits per heavy atom. The van der Waals surface area contributed by atoms with Gasteiger partial charge >= 0.3 is 6.18 Å². The molecule has 26 heavy (non-hydrogen) atoms. The zero-order chi connectivity index (χ0) is 18.5. The van der Waals surface area contributed by atoms with Gasteiger partial charge in [0.05, 0.1) is 16.6 Å². The fourth-order valence-electron chi connectivity index (χ4n) is 2.71. The van der Waals surface area contributed by atoms with Crippen LogP contribution < -0.4 is 10.9 Å². The first-order valence-electron chi connectivity index (χ1n) is 7.85. The molecule has 3 heterocycles. The van der Waals surface area contributed by atoms with Gasteiger partial charge in [-0.1, -0.05) is 0 Å². The predicted octanol–water partition coefficient (Wildman–Crippen LogP) is 3.49. The average molecular weight is 364 g/mol. The van der Waals surface area contributed by atoms with Crippen molar-refractivity contribution in [1.82, 2.24) is 14.4 Å². The first-order valence-corrected chi connectivity index (χ1v) is 7.85. The van der Waals surface area contributed by atoms with Crippen molar-refractivity contribution < 1.29 is 17.6 Å². The molecule has 3 aromatic heterocycles. The predicted molar refractivity (Wildman–Crippen MR) is 86.3 cm³/mol. The molecule has 0 bridgehead atoms. The van der Waals surface area contributed by atoms with Crippen LogP contribution in [0.2, 0.25) is 0 Å². The molecule has 0 aromatic carbocycles. The lowest BCUT2D eigenvalue weighted by Crippen LogP contribution is -2.20. The maximum atomic E-state index is 14.1. The van der Waals surface area contributed by atoms with Crippen molar-refractivity contribution in [2.45, 2.75) is 25.1 Å². The standard InChI is InChI=1S/C17H12F4N4O/c18-14-11(2-1-6-22-14)13-12-8-9(17(19,20)21)5-7-25(12)16(24-15(13)26)23-10-3-4-10/h1-2,5-8,10H,3-4H2,(H,23,24,26). The summed E-state index contributed by atoms with van der Waals surface area (Å²) in [6, 6.07) is 4.53. The van der Waals surface area contributed by atoms with E-state index in [4.69, 9.17) is 0 Å². The summed E-state index contributed by atoms with van der Waals surface area (Å²) in [5, 5.41) is 3.01. The van der Waals surface area contributed by atoms with E-state index in [0.29, 0.717) is 0 Å². The summed E-state index contributed by atoms with van der Waals surface area (Å²) in [5.41, 5.74) is -2.30. The number of alkyl halides is 3. The number of hydrogen-bond acceptors (Lipinski definition) is 4. The Balaban J connectivity index is 2.05. The van der Waals surface area contributed by atoms with Gasteiger partial charge in [-0.25, -0.2) is 4.98 Å². The van der Waals surface area contributed by atoms with Gasteiger partial charge in [-0.05, 0) is 37.1 Å². The molecule has 0 amide bonds. The van der Waals surface area contributed by atoms with Gasteiger partial charge in [0, 0.05) is 24.0 Å². The highest BCUT2D eigenvalue weighted by Crippen LogP contribution is 2.33. The molecule has 9 heteroatoms. The fourth-order valence-corrected chi connectivity index (χ4v) is 2.71. The molecular weight excluding hydrogens is 352 g/mol. The van der Waals surface area contributed by atoms with Crippen molar-refractivity contribution >= 4 is 11.5 Å². The Bertz CT molecular complexity index is 1060. The van der Waals surface area contributed by atoms with E-state index in [1.165, 1.54) is 28.9 Å². The number of hydrogen-bond donors (Lipinski definition) is 1. The Morgan fingerprint density at radius 2 is 2.00 bits per heavy atom. The second-order valence-corrected chi connectivity index (χ2v) is 6.04. The minimum absolute atomic E-state index is 0.0881. The molecular formula is C17H12F4N4O. The van der Waals surface area contributed by atoms with E-state index in [0.717, 1.165) is 25.0 Å². The second-order valence-electron chi connectivity index (χ2n) is 6.04. The zero-order valence-corrected chi connectivity index (χ0v) is 13.2. The van der Waals surface area contributed by atoms with Gasteiger partial charge < -0.3 is 5.32 Å². The van der Waals surface area contributed by atoms with E-state index in [9.17, 15) is 22.4 Å². The van der Waals surface area contributed by atoms with Crippen molar-refractivity contribution in [2.75, 3.05) is 5.32 Å². The van der Waals surface area contributed by atoms with Crippen LogP contribution in [0.4, 0.5) is 23.5 Å². The van der Waals surface area contributed by atoms with Gasteiger partial charge in [-0.15, -0.1) is 0 Å². The van der Waals surface area contributed by atoms with Gasteiger partial charge in [-0.3, -0.25) is 9.20 Å². The van der Waals surface area contributed by atoms with Crippen molar-refractivity contribution in [3.63, 3.8) is 0 Å². The molecule has 1 N–H and O–H groups in total. The van der Waals surface area contributed by atoms with Crippen molar-refractivity contribution in [2.24, 2.45) is 0 Å². The lowest BCUT2D eigenvalue weighted by atomic mass is 10.1. The highest BCUT2D eigenvalue weighted by Gasteiger charge is 2.32. The summed E-state index contributed by atoms with van der Waals surface area (Å²) in [6.07, 6.45) is -0.464. The van der Waals surface area contributed by atoms with Gasteiger partial charge in [0.2, 0.25) is 11.9 Å². The molecule has 0 atom stereocenters. The minimum atomic E-state index is -4.60. The normalized spacial score (nSPS) is 14.6. The molecule has 134 valence electrons. The van der Waals surface area contributed by atoms with Crippen LogP contribution in [-0.4, -0.2) is 20.4 Å². The molecule has 0 aliphatic heterocycles. The van der Waals surface area contributed by atoms with Crippen LogP contribution in [0.25, 0.3) is 16.6 Å². The summed E-state index contributed by atoms with van der Waals surface area (Å²) < 4.78 is 54.9. The van der Waals surface area contributed by atoms with Crippen molar-refractivity contribution in [3.8, 4) is 11.1 Å². The summed E-state index contributed by atoms with van der Waals surface area (Å²) in [4.78, 5) is 19.9. The molecule has 3 aromatic rings. The fraction of sp³-hybridized carbons (Fsp3) is 0.235. The third-order valence-corrected chi connectivity index (χ3v) is 4.13. The van der Waals surface area contributed by atoms with Crippen LogP contribution in [0.3, 0.4) is 0 Å². The highest BCUT2D eigenvalue weighted by atomic mass is 19.4. The molecule has 1 aliphatic rings. The Labute approximate surface area is 144 Å². The number of nitrogens with one attached hydrogen (secondary N) is 1. The van der Waals surface area contributed by atoms with E-state index in [1.807, 2.05) is 0 Å². The first-order chi connectivity index (χ1) is 12.3. The average Bonchev–Trinajstić information content (AvgIpc) is 3.39. The molecule has 1 fully saturated rings. The van der Waals surface area contributed by atoms with Gasteiger partial charge in [-0.2, -0.15) is 22.5 Å². The number of halogens is 4. The van der Waals surface area contributed by atoms with Gasteiger partial charge in [0.1, 0.15) is 0 Å². The molecule has 1 aliphatic carbocycles. The molecule has 4 rings (SSSR count). The first kappa shape index (κ1) is 16.5. The Kier molecular flexibility index (Phi) is 3.67. The zero-order valence-electron chi connectivity index (χ0n) is 13.2. The van der Waals surface area contributed by atoms with Crippen LogP contribution in [0.15, 0.2) is 41.5 Å². The molecule has 0 saturated heterocycles. The van der Waals surface area contributed by atoms with Crippen LogP contribution >= 0.6 is 0 Å². The van der Waals surface area contributed by atoms with Crippen LogP contribution in [-0.2, 0) is 6.18 Å².